The van der Waals surface area contributed by atoms with Crippen molar-refractivity contribution in [2.24, 2.45) is 11.5 Å². The third-order valence-corrected chi connectivity index (χ3v) is 1.15. The lowest BCUT2D eigenvalue weighted by Gasteiger charge is -1.99. The van der Waals surface area contributed by atoms with Gasteiger partial charge in [-0.3, -0.25) is 0 Å². The maximum atomic E-state index is 9.00. The minimum Gasteiger partial charge on any atom is -0.385 e. The number of primary amides is 2. The Kier molecular flexibility index (Phi) is 6.05. The van der Waals surface area contributed by atoms with E-state index in [1.807, 2.05) is 18.2 Å². The Balaban J connectivity index is 0.000000310. The van der Waals surface area contributed by atoms with Gasteiger partial charge in [-0.2, -0.15) is 0 Å². The fraction of sp³-hybridized carbons (Fsp3) is 0.222. The first-order chi connectivity index (χ1) is 6.16. The summed E-state index contributed by atoms with van der Waals surface area (Å²) < 4.78 is 0. The van der Waals surface area contributed by atoms with E-state index in [1.54, 1.807) is 0 Å². The number of nitrogens with two attached hydrogens (primary N) is 2. The van der Waals surface area contributed by atoms with Gasteiger partial charge >= 0.3 is 6.03 Å². The van der Waals surface area contributed by atoms with Crippen molar-refractivity contribution in [2.45, 2.75) is 6.92 Å². The normalized spacial score (nSPS) is 8.08. The molecule has 13 heavy (non-hydrogen) atoms. The topological polar surface area (TPSA) is 81.1 Å². The van der Waals surface area contributed by atoms with Crippen molar-refractivity contribution in [1.29, 1.82) is 0 Å². The van der Waals surface area contributed by atoms with Crippen molar-refractivity contribution in [3.05, 3.63) is 30.3 Å². The van der Waals surface area contributed by atoms with Gasteiger partial charge in [0.05, 0.1) is 0 Å². The molecule has 2 amide bonds. The number of nitrogens with one attached hydrogen (secondary N) is 1. The summed E-state index contributed by atoms with van der Waals surface area (Å²) in [6, 6.07) is 9.35. The molecule has 1 aromatic rings. The number of urea groups is 1. The molecule has 0 bridgehead atoms. The zero-order chi connectivity index (χ0) is 10.1. The van der Waals surface area contributed by atoms with Crippen LogP contribution in [0.15, 0.2) is 30.3 Å². The smallest absolute Gasteiger partial charge is 0.309 e. The van der Waals surface area contributed by atoms with Crippen LogP contribution in [0.5, 0.6) is 0 Å². The lowest BCUT2D eigenvalue weighted by molar-refractivity contribution is 0.256. The van der Waals surface area contributed by atoms with Gasteiger partial charge in [0.2, 0.25) is 0 Å². The minimum atomic E-state index is -0.833. The van der Waals surface area contributed by atoms with Crippen LogP contribution in [-0.2, 0) is 0 Å². The molecule has 1 aromatic carbocycles. The summed E-state index contributed by atoms with van der Waals surface area (Å²) in [7, 11) is 0. The van der Waals surface area contributed by atoms with E-state index in [9.17, 15) is 0 Å². The van der Waals surface area contributed by atoms with Crippen LogP contribution < -0.4 is 16.8 Å². The second kappa shape index (κ2) is 6.97. The fourth-order valence-corrected chi connectivity index (χ4v) is 0.760. The highest BCUT2D eigenvalue weighted by Crippen LogP contribution is 2.02. The van der Waals surface area contributed by atoms with Crippen LogP contribution in [-0.4, -0.2) is 12.6 Å². The van der Waals surface area contributed by atoms with Crippen molar-refractivity contribution in [3.8, 4) is 0 Å². The van der Waals surface area contributed by atoms with Crippen LogP contribution in [0.2, 0.25) is 0 Å². The van der Waals surface area contributed by atoms with E-state index >= 15 is 0 Å². The molecule has 5 N–H and O–H groups in total. The number of amides is 2. The van der Waals surface area contributed by atoms with Gasteiger partial charge in [-0.25, -0.2) is 4.79 Å². The van der Waals surface area contributed by atoms with E-state index in [4.69, 9.17) is 4.79 Å². The molecule has 0 saturated carbocycles. The fourth-order valence-electron chi connectivity index (χ4n) is 0.760. The summed E-state index contributed by atoms with van der Waals surface area (Å²) in [5, 5.41) is 3.21. The molecule has 0 saturated heterocycles. The van der Waals surface area contributed by atoms with Crippen molar-refractivity contribution in [2.75, 3.05) is 11.9 Å². The number of carbonyl (C=O) groups excluding carboxylic acids is 1. The van der Waals surface area contributed by atoms with Gasteiger partial charge in [-0.05, 0) is 19.1 Å². The molecule has 0 unspecified atom stereocenters. The predicted molar refractivity (Wildman–Crippen MR) is 54.4 cm³/mol. The van der Waals surface area contributed by atoms with E-state index in [1.165, 1.54) is 5.69 Å². The Morgan fingerprint density at radius 3 is 2.15 bits per heavy atom. The molecule has 0 atom stereocenters. The van der Waals surface area contributed by atoms with Crippen LogP contribution in [0.1, 0.15) is 6.92 Å². The third kappa shape index (κ3) is 8.19. The predicted octanol–water partition coefficient (Wildman–Crippen LogP) is 1.14. The summed E-state index contributed by atoms with van der Waals surface area (Å²) in [6.45, 7) is 3.08. The van der Waals surface area contributed by atoms with Crippen LogP contribution in [0.25, 0.3) is 0 Å². The number of carbonyl (C=O) groups is 1. The molecular formula is C9H15N3O. The molecule has 0 aromatic heterocycles. The van der Waals surface area contributed by atoms with E-state index < -0.39 is 6.03 Å². The van der Waals surface area contributed by atoms with Crippen molar-refractivity contribution in [3.63, 3.8) is 0 Å². The van der Waals surface area contributed by atoms with Crippen LogP contribution >= 0.6 is 0 Å². The van der Waals surface area contributed by atoms with Gasteiger partial charge in [0.25, 0.3) is 0 Å². The Hall–Kier alpha value is -1.71. The lowest BCUT2D eigenvalue weighted by atomic mass is 10.3. The number of hydrogen-bond donors (Lipinski definition) is 3. The zero-order valence-electron chi connectivity index (χ0n) is 7.66. The third-order valence-electron chi connectivity index (χ3n) is 1.15. The highest BCUT2D eigenvalue weighted by molar-refractivity contribution is 5.69. The summed E-state index contributed by atoms with van der Waals surface area (Å²) in [6.07, 6.45) is 0. The number of benzene rings is 1. The van der Waals surface area contributed by atoms with Gasteiger partial charge in [-0.15, -0.1) is 0 Å². The van der Waals surface area contributed by atoms with Crippen molar-refractivity contribution in [1.82, 2.24) is 0 Å². The minimum absolute atomic E-state index is 0.833. The second-order valence-corrected chi connectivity index (χ2v) is 2.30. The van der Waals surface area contributed by atoms with Crippen LogP contribution in [0, 0.1) is 0 Å². The Morgan fingerprint density at radius 1 is 1.31 bits per heavy atom. The molecule has 0 aliphatic carbocycles. The highest BCUT2D eigenvalue weighted by Gasteiger charge is 1.81. The molecule has 0 aliphatic rings. The first-order valence-corrected chi connectivity index (χ1v) is 4.00. The summed E-state index contributed by atoms with van der Waals surface area (Å²) in [5.74, 6) is 0. The van der Waals surface area contributed by atoms with E-state index in [0.29, 0.717) is 0 Å². The average molecular weight is 181 g/mol. The zero-order valence-corrected chi connectivity index (χ0v) is 7.66. The standard InChI is InChI=1S/C8H11N.CH4N2O/c1-2-9-8-6-4-3-5-7-8;2-1(3)4/h3-7,9H,2H2,1H3;(H4,2,3,4). The largest absolute Gasteiger partial charge is 0.385 e. The summed E-state index contributed by atoms with van der Waals surface area (Å²) >= 11 is 0. The number of anilines is 1. The number of para-hydroxylation sites is 1. The maximum absolute atomic E-state index is 9.00. The maximum Gasteiger partial charge on any atom is 0.309 e. The molecule has 0 spiro atoms. The molecule has 72 valence electrons. The lowest BCUT2D eigenvalue weighted by Crippen LogP contribution is -2.18. The first kappa shape index (κ1) is 11.3. The van der Waals surface area contributed by atoms with Gasteiger partial charge in [-0.1, -0.05) is 18.2 Å². The Labute approximate surface area is 77.9 Å². The summed E-state index contributed by atoms with van der Waals surface area (Å²) in [4.78, 5) is 9.00. The van der Waals surface area contributed by atoms with E-state index in [0.717, 1.165) is 6.54 Å². The van der Waals surface area contributed by atoms with E-state index in [-0.39, 0.29) is 0 Å². The van der Waals surface area contributed by atoms with Crippen molar-refractivity contribution >= 4 is 11.7 Å². The molecular weight excluding hydrogens is 166 g/mol. The average Bonchev–Trinajstić information content (AvgIpc) is 2.06. The van der Waals surface area contributed by atoms with E-state index in [2.05, 4.69) is 35.8 Å². The molecule has 0 radical (unpaired) electrons. The Morgan fingerprint density at radius 2 is 1.77 bits per heavy atom. The summed E-state index contributed by atoms with van der Waals surface area (Å²) in [5.41, 5.74) is 9.69. The van der Waals surface area contributed by atoms with Crippen molar-refractivity contribution < 1.29 is 4.79 Å². The molecule has 1 rings (SSSR count). The molecule has 0 fully saturated rings. The van der Waals surface area contributed by atoms with Crippen LogP contribution in [0.3, 0.4) is 0 Å². The van der Waals surface area contributed by atoms with Gasteiger partial charge in [0.15, 0.2) is 0 Å². The number of hydrogen-bond acceptors (Lipinski definition) is 2. The van der Waals surface area contributed by atoms with Gasteiger partial charge in [0, 0.05) is 12.2 Å². The van der Waals surface area contributed by atoms with Gasteiger partial charge in [0.1, 0.15) is 0 Å². The monoisotopic (exact) mass is 181 g/mol. The molecule has 0 heterocycles. The first-order valence-electron chi connectivity index (χ1n) is 4.00. The SMILES string of the molecule is CCNc1ccccc1.NC(N)=O. The molecule has 4 nitrogen and oxygen atoms in total. The Bertz CT molecular complexity index is 232. The highest BCUT2D eigenvalue weighted by atomic mass is 16.2. The number of rotatable bonds is 2. The molecule has 0 aliphatic heterocycles. The second-order valence-electron chi connectivity index (χ2n) is 2.30. The van der Waals surface area contributed by atoms with Crippen LogP contribution in [0.4, 0.5) is 10.5 Å². The quantitative estimate of drug-likeness (QED) is 0.639. The van der Waals surface area contributed by atoms with Gasteiger partial charge < -0.3 is 16.8 Å². The molecule has 4 heteroatoms.